The first kappa shape index (κ1) is 11.3. The van der Waals surface area contributed by atoms with E-state index < -0.39 is 18.0 Å². The number of thioether (sulfide) groups is 1. The van der Waals surface area contributed by atoms with Crippen molar-refractivity contribution >= 4 is 11.8 Å². The van der Waals surface area contributed by atoms with Gasteiger partial charge in [0.2, 0.25) is 0 Å². The highest BCUT2D eigenvalue weighted by molar-refractivity contribution is 7.99. The largest absolute Gasteiger partial charge is 0.415 e. The molecular weight excluding hydrogens is 215 g/mol. The second kappa shape index (κ2) is 4.65. The summed E-state index contributed by atoms with van der Waals surface area (Å²) in [5.41, 5.74) is 0. The molecule has 78 valence electrons. The lowest BCUT2D eigenvalue weighted by Gasteiger charge is -2.13. The summed E-state index contributed by atoms with van der Waals surface area (Å²) >= 11 is 0.945. The number of rotatable bonds is 3. The average molecular weight is 223 g/mol. The fourth-order valence-corrected chi connectivity index (χ4v) is 1.56. The van der Waals surface area contributed by atoms with E-state index in [0.717, 1.165) is 11.8 Å². The Hall–Kier alpha value is -0.750. The molecule has 0 saturated carbocycles. The van der Waals surface area contributed by atoms with Gasteiger partial charge < -0.3 is 5.11 Å². The van der Waals surface area contributed by atoms with Crippen LogP contribution in [0.5, 0.6) is 0 Å². The van der Waals surface area contributed by atoms with Crippen molar-refractivity contribution in [2.24, 2.45) is 0 Å². The average Bonchev–Trinajstić information content (AvgIpc) is 2.14. The summed E-state index contributed by atoms with van der Waals surface area (Å²) in [5, 5.41) is 8.69. The van der Waals surface area contributed by atoms with Crippen LogP contribution in [0.2, 0.25) is 0 Å². The summed E-state index contributed by atoms with van der Waals surface area (Å²) in [6, 6.07) is 3.18. The Morgan fingerprint density at radius 3 is 2.43 bits per heavy atom. The van der Waals surface area contributed by atoms with Gasteiger partial charge in [-0.15, -0.1) is 11.8 Å². The SMILES string of the molecule is OC(CSc1ccncc1)C(F)(F)F. The van der Waals surface area contributed by atoms with Gasteiger partial charge in [0.05, 0.1) is 0 Å². The lowest BCUT2D eigenvalue weighted by Crippen LogP contribution is -2.30. The molecule has 0 radical (unpaired) electrons. The predicted octanol–water partition coefficient (Wildman–Crippen LogP) is 2.10. The fraction of sp³-hybridized carbons (Fsp3) is 0.375. The van der Waals surface area contributed by atoms with Crippen LogP contribution in [-0.4, -0.2) is 28.1 Å². The number of alkyl halides is 3. The number of hydrogen-bond donors (Lipinski definition) is 1. The van der Waals surface area contributed by atoms with Crippen LogP contribution in [-0.2, 0) is 0 Å². The van der Waals surface area contributed by atoms with E-state index >= 15 is 0 Å². The first-order valence-corrected chi connectivity index (χ1v) is 4.76. The van der Waals surface area contributed by atoms with Crippen molar-refractivity contribution in [1.29, 1.82) is 0 Å². The molecule has 0 aliphatic rings. The fourth-order valence-electron chi connectivity index (χ4n) is 0.704. The molecule has 1 heterocycles. The minimum Gasteiger partial charge on any atom is -0.383 e. The Morgan fingerprint density at radius 2 is 1.93 bits per heavy atom. The lowest BCUT2D eigenvalue weighted by atomic mass is 10.4. The molecule has 0 amide bonds. The summed E-state index contributed by atoms with van der Waals surface area (Å²) in [7, 11) is 0. The lowest BCUT2D eigenvalue weighted by molar-refractivity contribution is -0.195. The van der Waals surface area contributed by atoms with Gasteiger partial charge >= 0.3 is 6.18 Å². The molecule has 0 aliphatic heterocycles. The van der Waals surface area contributed by atoms with Crippen molar-refractivity contribution in [3.8, 4) is 0 Å². The monoisotopic (exact) mass is 223 g/mol. The zero-order valence-corrected chi connectivity index (χ0v) is 7.85. The maximum absolute atomic E-state index is 11.9. The molecule has 14 heavy (non-hydrogen) atoms. The van der Waals surface area contributed by atoms with Crippen LogP contribution < -0.4 is 0 Å². The van der Waals surface area contributed by atoms with Gasteiger partial charge in [0.25, 0.3) is 0 Å². The van der Waals surface area contributed by atoms with Gasteiger partial charge in [0.15, 0.2) is 6.10 Å². The molecule has 0 fully saturated rings. The minimum absolute atomic E-state index is 0.395. The Kier molecular flexibility index (Phi) is 3.77. The quantitative estimate of drug-likeness (QED) is 0.796. The molecule has 1 aromatic heterocycles. The molecule has 0 aliphatic carbocycles. The minimum atomic E-state index is -4.54. The highest BCUT2D eigenvalue weighted by Crippen LogP contribution is 2.26. The van der Waals surface area contributed by atoms with Crippen molar-refractivity contribution in [1.82, 2.24) is 4.98 Å². The molecule has 1 unspecified atom stereocenters. The summed E-state index contributed by atoms with van der Waals surface area (Å²) in [4.78, 5) is 4.38. The molecule has 2 nitrogen and oxygen atoms in total. The molecule has 1 aromatic rings. The normalized spacial score (nSPS) is 14.0. The van der Waals surface area contributed by atoms with Crippen LogP contribution in [0.15, 0.2) is 29.4 Å². The second-order valence-corrected chi connectivity index (χ2v) is 3.64. The number of pyridine rings is 1. The van der Waals surface area contributed by atoms with Crippen molar-refractivity contribution in [2.45, 2.75) is 17.2 Å². The molecular formula is C8H8F3NOS. The molecule has 1 N–H and O–H groups in total. The standard InChI is InChI=1S/C8H8F3NOS/c9-8(10,11)7(13)5-14-6-1-3-12-4-2-6/h1-4,7,13H,5H2. The second-order valence-electron chi connectivity index (χ2n) is 2.55. The predicted molar refractivity (Wildman–Crippen MR) is 47.0 cm³/mol. The van der Waals surface area contributed by atoms with Gasteiger partial charge in [-0.3, -0.25) is 4.98 Å². The number of aliphatic hydroxyl groups excluding tert-OH is 1. The van der Waals surface area contributed by atoms with Crippen LogP contribution in [0.3, 0.4) is 0 Å². The van der Waals surface area contributed by atoms with Crippen LogP contribution >= 0.6 is 11.8 Å². The van der Waals surface area contributed by atoms with E-state index in [0.29, 0.717) is 4.90 Å². The van der Waals surface area contributed by atoms with E-state index in [-0.39, 0.29) is 0 Å². The third-order valence-electron chi connectivity index (χ3n) is 1.44. The van der Waals surface area contributed by atoms with E-state index in [4.69, 9.17) is 5.11 Å². The highest BCUT2D eigenvalue weighted by Gasteiger charge is 2.37. The molecule has 0 spiro atoms. The molecule has 1 atom stereocenters. The third kappa shape index (κ3) is 3.55. The zero-order valence-electron chi connectivity index (χ0n) is 7.03. The third-order valence-corrected chi connectivity index (χ3v) is 2.52. The summed E-state index contributed by atoms with van der Waals surface area (Å²) in [6.45, 7) is 0. The molecule has 0 bridgehead atoms. The van der Waals surface area contributed by atoms with Crippen molar-refractivity contribution in [3.63, 3.8) is 0 Å². The Balaban J connectivity index is 2.42. The zero-order chi connectivity index (χ0) is 10.6. The van der Waals surface area contributed by atoms with Gasteiger partial charge in [-0.2, -0.15) is 13.2 Å². The number of aromatic nitrogens is 1. The summed E-state index contributed by atoms with van der Waals surface area (Å²) in [6.07, 6.45) is -3.84. The van der Waals surface area contributed by atoms with Gasteiger partial charge in [-0.05, 0) is 12.1 Å². The van der Waals surface area contributed by atoms with E-state index in [2.05, 4.69) is 4.98 Å². The van der Waals surface area contributed by atoms with Gasteiger partial charge in [-0.1, -0.05) is 0 Å². The maximum Gasteiger partial charge on any atom is 0.415 e. The Labute approximate surface area is 83.2 Å². The van der Waals surface area contributed by atoms with Gasteiger partial charge in [0, 0.05) is 23.0 Å². The summed E-state index contributed by atoms with van der Waals surface area (Å²) < 4.78 is 35.6. The summed E-state index contributed by atoms with van der Waals surface area (Å²) in [5.74, 6) is -0.395. The number of halogens is 3. The van der Waals surface area contributed by atoms with Crippen LogP contribution in [0.25, 0.3) is 0 Å². The maximum atomic E-state index is 11.9. The Bertz CT molecular complexity index is 278. The van der Waals surface area contributed by atoms with E-state index in [1.165, 1.54) is 12.4 Å². The molecule has 6 heteroatoms. The van der Waals surface area contributed by atoms with Crippen LogP contribution in [0.1, 0.15) is 0 Å². The van der Waals surface area contributed by atoms with Crippen molar-refractivity contribution in [3.05, 3.63) is 24.5 Å². The van der Waals surface area contributed by atoms with E-state index in [9.17, 15) is 13.2 Å². The first-order chi connectivity index (χ1) is 6.50. The highest BCUT2D eigenvalue weighted by atomic mass is 32.2. The van der Waals surface area contributed by atoms with Gasteiger partial charge in [-0.25, -0.2) is 0 Å². The molecule has 1 rings (SSSR count). The van der Waals surface area contributed by atoms with E-state index in [1.807, 2.05) is 0 Å². The molecule has 0 saturated heterocycles. The van der Waals surface area contributed by atoms with Gasteiger partial charge in [0.1, 0.15) is 0 Å². The smallest absolute Gasteiger partial charge is 0.383 e. The van der Waals surface area contributed by atoms with Crippen molar-refractivity contribution in [2.75, 3.05) is 5.75 Å². The van der Waals surface area contributed by atoms with Crippen molar-refractivity contribution < 1.29 is 18.3 Å². The number of nitrogens with zero attached hydrogens (tertiary/aromatic N) is 1. The number of hydrogen-bond acceptors (Lipinski definition) is 3. The molecule has 0 aromatic carbocycles. The van der Waals surface area contributed by atoms with Crippen LogP contribution in [0.4, 0.5) is 13.2 Å². The van der Waals surface area contributed by atoms with Crippen LogP contribution in [0, 0.1) is 0 Å². The topological polar surface area (TPSA) is 33.1 Å². The van der Waals surface area contributed by atoms with E-state index in [1.54, 1.807) is 12.1 Å². The number of aliphatic hydroxyl groups is 1. The first-order valence-electron chi connectivity index (χ1n) is 3.78. The Morgan fingerprint density at radius 1 is 1.36 bits per heavy atom.